The van der Waals surface area contributed by atoms with Crippen molar-refractivity contribution in [1.82, 2.24) is 24.9 Å². The maximum absolute atomic E-state index is 13.2. The number of hydrogen-bond acceptors (Lipinski definition) is 5. The normalized spacial score (nSPS) is 26.0. The van der Waals surface area contributed by atoms with Gasteiger partial charge in [0.25, 0.3) is 5.91 Å². The van der Waals surface area contributed by atoms with E-state index in [9.17, 15) is 4.79 Å². The molecule has 1 saturated carbocycles. The smallest absolute Gasteiger partial charge is 0.275 e. The molecule has 2 aromatic heterocycles. The number of piperidine rings is 2. The fourth-order valence-electron chi connectivity index (χ4n) is 3.79. The Morgan fingerprint density at radius 2 is 2.00 bits per heavy atom. The molecule has 1 aliphatic carbocycles. The van der Waals surface area contributed by atoms with Crippen molar-refractivity contribution in [3.05, 3.63) is 35.9 Å². The second-order valence-corrected chi connectivity index (χ2v) is 6.47. The third kappa shape index (κ3) is 2.31. The number of aryl methyl sites for hydroxylation is 1. The van der Waals surface area contributed by atoms with E-state index in [1.165, 1.54) is 4.80 Å². The van der Waals surface area contributed by atoms with Gasteiger partial charge in [-0.2, -0.15) is 10.2 Å². The van der Waals surface area contributed by atoms with E-state index in [2.05, 4.69) is 15.2 Å². The minimum absolute atomic E-state index is 0.0559. The fourth-order valence-corrected chi connectivity index (χ4v) is 3.79. The second kappa shape index (κ2) is 5.42. The van der Waals surface area contributed by atoms with Gasteiger partial charge < -0.3 is 10.6 Å². The predicted molar refractivity (Wildman–Crippen MR) is 84.0 cm³/mol. The minimum Gasteiger partial charge on any atom is -0.330 e. The van der Waals surface area contributed by atoms with Crippen molar-refractivity contribution >= 4 is 5.91 Å². The number of carbonyl (C=O) groups is 1. The first-order valence-corrected chi connectivity index (χ1v) is 8.04. The summed E-state index contributed by atoms with van der Waals surface area (Å²) in [5, 5.41) is 8.29. The molecule has 2 aromatic rings. The van der Waals surface area contributed by atoms with Crippen LogP contribution in [-0.4, -0.2) is 49.4 Å². The average Bonchev–Trinajstić information content (AvgIpc) is 3.07. The van der Waals surface area contributed by atoms with Crippen LogP contribution in [0.1, 0.15) is 35.4 Å². The standard InChI is InChI=1S/C16H20N6O/c1-10-2-3-14(22-18-4-5-19-22)15(20-10)16(23)21-12-6-11(7-12)8-13(21)9-17/h2-5,11-13H,6-9,17H2,1H3. The Morgan fingerprint density at radius 3 is 2.70 bits per heavy atom. The van der Waals surface area contributed by atoms with Crippen LogP contribution >= 0.6 is 0 Å². The molecule has 7 nitrogen and oxygen atoms in total. The van der Waals surface area contributed by atoms with Crippen LogP contribution < -0.4 is 5.73 Å². The van der Waals surface area contributed by atoms with Gasteiger partial charge >= 0.3 is 0 Å². The molecule has 2 N–H and O–H groups in total. The number of nitrogens with two attached hydrogens (primary N) is 1. The van der Waals surface area contributed by atoms with Gasteiger partial charge in [0.2, 0.25) is 0 Å². The van der Waals surface area contributed by atoms with Gasteiger partial charge in [-0.05, 0) is 44.2 Å². The highest BCUT2D eigenvalue weighted by Gasteiger charge is 2.46. The van der Waals surface area contributed by atoms with Crippen LogP contribution in [0.3, 0.4) is 0 Å². The number of aromatic nitrogens is 4. The number of hydrogen-bond donors (Lipinski definition) is 1. The van der Waals surface area contributed by atoms with Crippen LogP contribution in [0.2, 0.25) is 0 Å². The Morgan fingerprint density at radius 1 is 1.26 bits per heavy atom. The van der Waals surface area contributed by atoms with Gasteiger partial charge in [-0.3, -0.25) is 4.79 Å². The van der Waals surface area contributed by atoms with Crippen molar-refractivity contribution in [2.45, 2.75) is 38.3 Å². The summed E-state index contributed by atoms with van der Waals surface area (Å²) in [4.78, 5) is 21.1. The third-order valence-electron chi connectivity index (χ3n) is 4.96. The summed E-state index contributed by atoms with van der Waals surface area (Å²) in [7, 11) is 0. The molecule has 1 atom stereocenters. The van der Waals surface area contributed by atoms with Crippen LogP contribution in [0, 0.1) is 12.8 Å². The van der Waals surface area contributed by atoms with Crippen molar-refractivity contribution in [2.75, 3.05) is 6.54 Å². The lowest BCUT2D eigenvalue weighted by Gasteiger charge is -2.53. The summed E-state index contributed by atoms with van der Waals surface area (Å²) in [5.41, 5.74) is 7.73. The van der Waals surface area contributed by atoms with E-state index in [1.807, 2.05) is 24.0 Å². The molecule has 0 radical (unpaired) electrons. The predicted octanol–water partition coefficient (Wildman–Crippen LogP) is 0.923. The van der Waals surface area contributed by atoms with Crippen molar-refractivity contribution in [1.29, 1.82) is 0 Å². The molecule has 0 aromatic carbocycles. The van der Waals surface area contributed by atoms with E-state index >= 15 is 0 Å². The lowest BCUT2D eigenvalue weighted by Crippen LogP contribution is -2.61. The van der Waals surface area contributed by atoms with E-state index in [0.717, 1.165) is 30.9 Å². The Labute approximate surface area is 134 Å². The number of amides is 1. The monoisotopic (exact) mass is 312 g/mol. The van der Waals surface area contributed by atoms with E-state index in [0.29, 0.717) is 24.0 Å². The summed E-state index contributed by atoms with van der Waals surface area (Å²) in [6.45, 7) is 2.38. The molecule has 1 amide bonds. The molecule has 4 heterocycles. The topological polar surface area (TPSA) is 89.9 Å². The number of pyridine rings is 1. The summed E-state index contributed by atoms with van der Waals surface area (Å²) in [6.07, 6.45) is 6.36. The van der Waals surface area contributed by atoms with Gasteiger partial charge in [0.15, 0.2) is 5.69 Å². The SMILES string of the molecule is Cc1ccc(-n2nccn2)c(C(=O)N2C(CN)CC3CC2C3)n1. The van der Waals surface area contributed by atoms with E-state index in [-0.39, 0.29) is 11.9 Å². The highest BCUT2D eigenvalue weighted by atomic mass is 16.2. The first kappa shape index (κ1) is 14.3. The van der Waals surface area contributed by atoms with Crippen LogP contribution in [0.5, 0.6) is 0 Å². The number of nitrogens with zero attached hydrogens (tertiary/aromatic N) is 5. The van der Waals surface area contributed by atoms with Crippen LogP contribution in [0.4, 0.5) is 0 Å². The molecule has 7 heteroatoms. The summed E-state index contributed by atoms with van der Waals surface area (Å²) in [5.74, 6) is 0.676. The molecular formula is C16H20N6O. The van der Waals surface area contributed by atoms with E-state index in [1.54, 1.807) is 12.4 Å². The van der Waals surface area contributed by atoms with Gasteiger partial charge in [-0.25, -0.2) is 4.98 Å². The first-order valence-electron chi connectivity index (χ1n) is 8.04. The van der Waals surface area contributed by atoms with Gasteiger partial charge in [0.1, 0.15) is 5.69 Å². The Kier molecular flexibility index (Phi) is 3.37. The van der Waals surface area contributed by atoms with Crippen LogP contribution in [0.15, 0.2) is 24.5 Å². The van der Waals surface area contributed by atoms with E-state index in [4.69, 9.17) is 5.73 Å². The Balaban J connectivity index is 1.74. The van der Waals surface area contributed by atoms with Crippen molar-refractivity contribution in [3.8, 4) is 5.69 Å². The quantitative estimate of drug-likeness (QED) is 0.910. The molecule has 3 aliphatic rings. The zero-order valence-electron chi connectivity index (χ0n) is 13.1. The number of rotatable bonds is 3. The number of fused-ring (bicyclic) bond motifs is 2. The fraction of sp³-hybridized carbons (Fsp3) is 0.500. The molecule has 23 heavy (non-hydrogen) atoms. The van der Waals surface area contributed by atoms with Gasteiger partial charge in [0, 0.05) is 24.3 Å². The van der Waals surface area contributed by atoms with E-state index < -0.39 is 0 Å². The third-order valence-corrected chi connectivity index (χ3v) is 4.96. The number of carbonyl (C=O) groups excluding carboxylic acids is 1. The largest absolute Gasteiger partial charge is 0.330 e. The van der Waals surface area contributed by atoms with Gasteiger partial charge in [-0.15, -0.1) is 4.80 Å². The first-order chi connectivity index (χ1) is 11.2. The maximum atomic E-state index is 13.2. The molecule has 2 bridgehead atoms. The lowest BCUT2D eigenvalue weighted by molar-refractivity contribution is -0.0157. The van der Waals surface area contributed by atoms with Gasteiger partial charge in [0.05, 0.1) is 12.4 Å². The zero-order chi connectivity index (χ0) is 16.0. The molecule has 5 rings (SSSR count). The molecule has 0 spiro atoms. The molecular weight excluding hydrogens is 292 g/mol. The molecule has 2 saturated heterocycles. The highest BCUT2D eigenvalue weighted by Crippen LogP contribution is 2.43. The van der Waals surface area contributed by atoms with Gasteiger partial charge in [-0.1, -0.05) is 0 Å². The lowest BCUT2D eigenvalue weighted by atomic mass is 9.70. The van der Waals surface area contributed by atoms with Crippen LogP contribution in [0.25, 0.3) is 5.69 Å². The zero-order valence-corrected chi connectivity index (χ0v) is 13.1. The summed E-state index contributed by atoms with van der Waals surface area (Å²) >= 11 is 0. The Bertz CT molecular complexity index is 722. The second-order valence-electron chi connectivity index (χ2n) is 6.47. The molecule has 120 valence electrons. The van der Waals surface area contributed by atoms with Crippen LogP contribution in [-0.2, 0) is 0 Å². The maximum Gasteiger partial charge on any atom is 0.275 e. The summed E-state index contributed by atoms with van der Waals surface area (Å²) < 4.78 is 0. The highest BCUT2D eigenvalue weighted by molar-refractivity contribution is 5.96. The van der Waals surface area contributed by atoms with Crippen molar-refractivity contribution in [2.24, 2.45) is 11.7 Å². The van der Waals surface area contributed by atoms with Crippen molar-refractivity contribution < 1.29 is 4.79 Å². The minimum atomic E-state index is -0.0559. The summed E-state index contributed by atoms with van der Waals surface area (Å²) in [6, 6.07) is 4.13. The average molecular weight is 312 g/mol. The van der Waals surface area contributed by atoms with Crippen molar-refractivity contribution in [3.63, 3.8) is 0 Å². The molecule has 2 aliphatic heterocycles. The Hall–Kier alpha value is -2.28. The molecule has 3 fully saturated rings. The molecule has 1 unspecified atom stereocenters.